The monoisotopic (exact) mass is 357 g/mol. The summed E-state index contributed by atoms with van der Waals surface area (Å²) >= 11 is 0. The Hall–Kier alpha value is -1.95. The number of hydrogen-bond acceptors (Lipinski definition) is 9. The maximum absolute atomic E-state index is 10.2. The largest absolute Gasteiger partial charge is 0.554 e. The van der Waals surface area contributed by atoms with Gasteiger partial charge in [-0.05, 0) is 10.9 Å². The van der Waals surface area contributed by atoms with Crippen molar-refractivity contribution >= 4 is 34.3 Å². The van der Waals surface area contributed by atoms with Crippen LogP contribution in [0.1, 0.15) is 6.23 Å². The number of aliphatic hydroxyl groups excluding tert-OH is 2. The fourth-order valence-electron chi connectivity index (χ4n) is 2.48. The molecule has 0 bridgehead atoms. The highest BCUT2D eigenvalue weighted by Gasteiger charge is 2.46. The van der Waals surface area contributed by atoms with Crippen molar-refractivity contribution in [3.63, 3.8) is 0 Å². The highest BCUT2D eigenvalue weighted by atomic mass is 32.2. The summed E-state index contributed by atoms with van der Waals surface area (Å²) in [6, 6.07) is 0. The molecule has 11 heteroatoms. The molecule has 0 saturated carbocycles. The van der Waals surface area contributed by atoms with Crippen molar-refractivity contribution in [1.29, 1.82) is 0 Å². The first-order valence-corrected chi connectivity index (χ1v) is 9.16. The number of aromatic nitrogens is 4. The summed E-state index contributed by atoms with van der Waals surface area (Å²) in [5.41, 5.74) is 6.68. The van der Waals surface area contributed by atoms with Gasteiger partial charge in [-0.2, -0.15) is 0 Å². The van der Waals surface area contributed by atoms with Crippen LogP contribution >= 0.6 is 0 Å². The Morgan fingerprint density at radius 2 is 2.04 bits per heavy atom. The molecule has 0 spiro atoms. The van der Waals surface area contributed by atoms with Crippen LogP contribution in [0.3, 0.4) is 0 Å². The molecule has 1 fully saturated rings. The maximum atomic E-state index is 10.2. The molecule has 3 rings (SSSR count). The van der Waals surface area contributed by atoms with Gasteiger partial charge in [0.05, 0.1) is 18.8 Å². The molecule has 0 unspecified atom stereocenters. The van der Waals surface area contributed by atoms with Gasteiger partial charge in [-0.25, -0.2) is 15.0 Å². The van der Waals surface area contributed by atoms with Crippen molar-refractivity contribution in [2.45, 2.75) is 24.5 Å². The minimum atomic E-state index is -1.04. The van der Waals surface area contributed by atoms with Gasteiger partial charge >= 0.3 is 0 Å². The molecular formula is C13H19N5O5S. The van der Waals surface area contributed by atoms with Gasteiger partial charge in [-0.3, -0.25) is 4.57 Å². The smallest absolute Gasteiger partial charge is 0.167 e. The first-order chi connectivity index (χ1) is 11.4. The van der Waals surface area contributed by atoms with E-state index in [1.165, 1.54) is 12.7 Å². The standard InChI is InChI=1S/C12H18N5O3S.CH2O2/c1-21(2)3-6-8(18)9(19)12(20-6)17-5-16-7-10(13)14-4-15-11(7)17;2-1-3/h4-6,8-9,12,18-19H,3H2,1-2H3,(H2,13,14,15);1H,(H,2,3)/q+1;/p-1/t6-,8-,9-,12-;/m1./s1. The van der Waals surface area contributed by atoms with Gasteiger partial charge in [0, 0.05) is 6.47 Å². The molecule has 1 saturated heterocycles. The van der Waals surface area contributed by atoms with E-state index in [1.54, 1.807) is 4.57 Å². The third-order valence-corrected chi connectivity index (χ3v) is 4.49. The number of ether oxygens (including phenoxy) is 1. The summed E-state index contributed by atoms with van der Waals surface area (Å²) in [5, 5.41) is 28.6. The quantitative estimate of drug-likeness (QED) is 0.391. The van der Waals surface area contributed by atoms with Crippen molar-refractivity contribution in [3.8, 4) is 0 Å². The predicted molar refractivity (Wildman–Crippen MR) is 85.8 cm³/mol. The molecule has 10 nitrogen and oxygen atoms in total. The van der Waals surface area contributed by atoms with Crippen molar-refractivity contribution in [2.24, 2.45) is 0 Å². The molecule has 0 radical (unpaired) electrons. The Labute approximate surface area is 140 Å². The molecule has 1 aliphatic rings. The van der Waals surface area contributed by atoms with Gasteiger partial charge in [-0.15, -0.1) is 0 Å². The summed E-state index contributed by atoms with van der Waals surface area (Å²) in [7, 11) is 0.0998. The topological polar surface area (TPSA) is 159 Å². The third kappa shape index (κ3) is 3.59. The van der Waals surface area contributed by atoms with Crippen molar-refractivity contribution < 1.29 is 24.9 Å². The first kappa shape index (κ1) is 18.4. The fraction of sp³-hybridized carbons (Fsp3) is 0.538. The number of nitrogen functional groups attached to an aromatic ring is 1. The second-order valence-electron chi connectivity index (χ2n) is 5.38. The van der Waals surface area contributed by atoms with E-state index in [2.05, 4.69) is 27.5 Å². The predicted octanol–water partition coefficient (Wildman–Crippen LogP) is -2.73. The van der Waals surface area contributed by atoms with E-state index in [1.807, 2.05) is 0 Å². The molecule has 4 atom stereocenters. The van der Waals surface area contributed by atoms with Crippen LogP contribution in [-0.4, -0.2) is 72.8 Å². The molecule has 3 heterocycles. The number of nitrogens with zero attached hydrogens (tertiary/aromatic N) is 4. The van der Waals surface area contributed by atoms with Crippen LogP contribution in [0.15, 0.2) is 12.7 Å². The average Bonchev–Trinajstić information content (AvgIpc) is 3.05. The van der Waals surface area contributed by atoms with E-state index in [-0.39, 0.29) is 16.7 Å². The van der Waals surface area contributed by atoms with Gasteiger partial charge < -0.3 is 30.6 Å². The lowest BCUT2D eigenvalue weighted by molar-refractivity contribution is -0.283. The molecule has 1 aliphatic heterocycles. The molecule has 0 amide bonds. The van der Waals surface area contributed by atoms with E-state index >= 15 is 0 Å². The minimum Gasteiger partial charge on any atom is -0.554 e. The molecule has 2 aromatic rings. The fourth-order valence-corrected chi connectivity index (χ4v) is 3.41. The second kappa shape index (κ2) is 7.75. The van der Waals surface area contributed by atoms with E-state index in [0.29, 0.717) is 16.9 Å². The number of hydrogen-bond donors (Lipinski definition) is 3. The van der Waals surface area contributed by atoms with Crippen LogP contribution in [0, 0.1) is 0 Å². The first-order valence-electron chi connectivity index (χ1n) is 6.95. The maximum Gasteiger partial charge on any atom is 0.167 e. The Kier molecular flexibility index (Phi) is 5.94. The minimum absolute atomic E-state index is 0.0998. The summed E-state index contributed by atoms with van der Waals surface area (Å²) in [4.78, 5) is 20.4. The molecule has 0 aliphatic carbocycles. The number of carbonyl (C=O) groups excluding carboxylic acids is 1. The highest BCUT2D eigenvalue weighted by Crippen LogP contribution is 2.32. The second-order valence-corrected chi connectivity index (χ2v) is 7.68. The van der Waals surface area contributed by atoms with Crippen LogP contribution in [0.4, 0.5) is 5.82 Å². The number of aliphatic hydroxyl groups is 2. The molecule has 0 aromatic carbocycles. The van der Waals surface area contributed by atoms with E-state index in [0.717, 1.165) is 0 Å². The Balaban J connectivity index is 0.000000647. The van der Waals surface area contributed by atoms with Gasteiger partial charge in [0.2, 0.25) is 0 Å². The van der Waals surface area contributed by atoms with Gasteiger partial charge in [0.1, 0.15) is 35.9 Å². The van der Waals surface area contributed by atoms with Crippen LogP contribution in [0.2, 0.25) is 0 Å². The van der Waals surface area contributed by atoms with Crippen molar-refractivity contribution in [1.82, 2.24) is 19.5 Å². The number of carboxylic acid groups (broad SMARTS) is 1. The summed E-state index contributed by atoms with van der Waals surface area (Å²) in [5.74, 6) is 0.963. The van der Waals surface area contributed by atoms with Crippen LogP contribution < -0.4 is 10.8 Å². The zero-order valence-electron chi connectivity index (χ0n) is 13.1. The number of nitrogens with two attached hydrogens (primary N) is 1. The Morgan fingerprint density at radius 3 is 2.67 bits per heavy atom. The molecule has 132 valence electrons. The van der Waals surface area contributed by atoms with Crippen molar-refractivity contribution in [2.75, 3.05) is 24.0 Å². The normalized spacial score (nSPS) is 26.4. The van der Waals surface area contributed by atoms with Gasteiger partial charge in [0.15, 0.2) is 17.7 Å². The SMILES string of the molecule is C[S+](C)C[C@H]1O[C@@H](n2cnc3c(N)ncnc32)[C@H](O)[C@@H]1O.O=C[O-]. The zero-order valence-corrected chi connectivity index (χ0v) is 14.0. The molecule has 4 N–H and O–H groups in total. The molecular weight excluding hydrogens is 338 g/mol. The van der Waals surface area contributed by atoms with E-state index in [9.17, 15) is 10.2 Å². The van der Waals surface area contributed by atoms with Crippen molar-refractivity contribution in [3.05, 3.63) is 12.7 Å². The Morgan fingerprint density at radius 1 is 1.38 bits per heavy atom. The van der Waals surface area contributed by atoms with Crippen LogP contribution in [0.5, 0.6) is 0 Å². The van der Waals surface area contributed by atoms with Crippen LogP contribution in [0.25, 0.3) is 11.2 Å². The average molecular weight is 357 g/mol. The van der Waals surface area contributed by atoms with Gasteiger partial charge in [0.25, 0.3) is 0 Å². The van der Waals surface area contributed by atoms with E-state index in [4.69, 9.17) is 20.4 Å². The molecule has 24 heavy (non-hydrogen) atoms. The zero-order chi connectivity index (χ0) is 17.9. The summed E-state index contributed by atoms with van der Waals surface area (Å²) in [6.07, 6.45) is 3.87. The lowest BCUT2D eigenvalue weighted by Gasteiger charge is -2.16. The summed E-state index contributed by atoms with van der Waals surface area (Å²) in [6.45, 7) is -0.500. The number of rotatable bonds is 3. The Bertz CT molecular complexity index is 696. The number of carbonyl (C=O) groups is 1. The molecule has 2 aromatic heterocycles. The lowest BCUT2D eigenvalue weighted by atomic mass is 10.1. The lowest BCUT2D eigenvalue weighted by Crippen LogP contribution is -2.34. The van der Waals surface area contributed by atoms with Gasteiger partial charge in [-0.1, -0.05) is 0 Å². The number of anilines is 1. The van der Waals surface area contributed by atoms with E-state index < -0.39 is 31.0 Å². The highest BCUT2D eigenvalue weighted by molar-refractivity contribution is 7.95. The number of imidazole rings is 1. The third-order valence-electron chi connectivity index (χ3n) is 3.50. The number of fused-ring (bicyclic) bond motifs is 1. The van der Waals surface area contributed by atoms with Crippen LogP contribution in [-0.2, 0) is 20.4 Å². The summed E-state index contributed by atoms with van der Waals surface area (Å²) < 4.78 is 7.41.